The van der Waals surface area contributed by atoms with Gasteiger partial charge >= 0.3 is 0 Å². The maximum absolute atomic E-state index is 4.03. The number of unbranched alkanes of at least 4 members (excludes halogenated alkanes) is 8. The van der Waals surface area contributed by atoms with Crippen molar-refractivity contribution >= 4 is 12.2 Å². The van der Waals surface area contributed by atoms with Crippen LogP contribution in [-0.2, 0) is 12.8 Å². The molecule has 0 nitrogen and oxygen atoms in total. The first-order chi connectivity index (χ1) is 22.2. The van der Waals surface area contributed by atoms with Gasteiger partial charge in [0.2, 0.25) is 0 Å². The number of benzene rings is 3. The zero-order valence-electron chi connectivity index (χ0n) is 27.6. The maximum Gasteiger partial charge on any atom is 0.0255 e. The molecule has 0 unspecified atom stereocenters. The number of hydrogen-bond acceptors (Lipinski definition) is 0. The highest BCUT2D eigenvalue weighted by molar-refractivity contribution is 5.70. The van der Waals surface area contributed by atoms with E-state index in [-0.39, 0.29) is 0 Å². The van der Waals surface area contributed by atoms with Crippen molar-refractivity contribution in [3.05, 3.63) is 142 Å². The summed E-state index contributed by atoms with van der Waals surface area (Å²) in [5.74, 6) is 13.4. The summed E-state index contributed by atoms with van der Waals surface area (Å²) in [5.41, 5.74) is 10.5. The molecule has 0 aliphatic heterocycles. The Hall–Kier alpha value is -4.26. The van der Waals surface area contributed by atoms with Crippen molar-refractivity contribution < 1.29 is 0 Å². The molecule has 1 aliphatic rings. The Balaban J connectivity index is 1.33. The lowest BCUT2D eigenvalue weighted by Gasteiger charge is -2.08. The van der Waals surface area contributed by atoms with E-state index in [9.17, 15) is 0 Å². The van der Waals surface area contributed by atoms with Crippen LogP contribution in [0.5, 0.6) is 0 Å². The lowest BCUT2D eigenvalue weighted by atomic mass is 9.96. The third-order valence-electron chi connectivity index (χ3n) is 8.43. The molecule has 45 heavy (non-hydrogen) atoms. The smallest absolute Gasteiger partial charge is 0.0255 e. The molecular weight excluding hydrogens is 540 g/mol. The second-order valence-corrected chi connectivity index (χ2v) is 12.2. The van der Waals surface area contributed by atoms with E-state index in [2.05, 4.69) is 135 Å². The van der Waals surface area contributed by atoms with Gasteiger partial charge in [-0.05, 0) is 102 Å². The Kier molecular flexibility index (Phi) is 14.3. The SMILES string of the molecule is C=Cc1ccc(C#Cc2ccc(CCCCCCC)cc2)cc1/C=C1/C=CC(C#Cc2ccc(CCCCCCC)cc2)=CC1. The van der Waals surface area contributed by atoms with Crippen LogP contribution in [0.2, 0.25) is 0 Å². The van der Waals surface area contributed by atoms with Gasteiger partial charge in [-0.25, -0.2) is 0 Å². The van der Waals surface area contributed by atoms with Gasteiger partial charge in [-0.3, -0.25) is 0 Å². The van der Waals surface area contributed by atoms with Crippen LogP contribution < -0.4 is 0 Å². The molecular formula is C45H50. The minimum Gasteiger partial charge on any atom is -0.0984 e. The van der Waals surface area contributed by atoms with Crippen LogP contribution in [0.15, 0.2) is 103 Å². The molecule has 3 aromatic rings. The number of hydrogen-bond donors (Lipinski definition) is 0. The zero-order valence-corrected chi connectivity index (χ0v) is 27.6. The highest BCUT2D eigenvalue weighted by atomic mass is 14.1. The van der Waals surface area contributed by atoms with Crippen LogP contribution in [0.4, 0.5) is 0 Å². The van der Waals surface area contributed by atoms with E-state index >= 15 is 0 Å². The minimum absolute atomic E-state index is 0.856. The Labute approximate surface area is 274 Å². The molecule has 0 radical (unpaired) electrons. The first kappa shape index (κ1) is 33.6. The summed E-state index contributed by atoms with van der Waals surface area (Å²) >= 11 is 0. The van der Waals surface area contributed by atoms with Crippen LogP contribution >= 0.6 is 0 Å². The van der Waals surface area contributed by atoms with Gasteiger partial charge in [-0.2, -0.15) is 0 Å². The molecule has 0 saturated heterocycles. The molecule has 3 aromatic carbocycles. The standard InChI is InChI=1S/C45H50/c1-4-7-9-11-13-15-37-17-21-39(22-18-37)25-26-41-27-30-42(31-28-41)35-45-36-43(33-34-44(45)6-3)32-29-40-23-19-38(20-24-40)16-14-12-10-8-5-2/h6,17-24,27-28,30,33-36H,3-5,7-16,31H2,1-2H3/b42-35-. The van der Waals surface area contributed by atoms with E-state index in [1.54, 1.807) is 0 Å². The van der Waals surface area contributed by atoms with Crippen LogP contribution in [-0.4, -0.2) is 0 Å². The average molecular weight is 591 g/mol. The number of rotatable bonds is 14. The van der Waals surface area contributed by atoms with E-state index in [1.165, 1.54) is 80.9 Å². The van der Waals surface area contributed by atoms with E-state index < -0.39 is 0 Å². The summed E-state index contributed by atoms with van der Waals surface area (Å²) in [6.07, 6.45) is 27.1. The Morgan fingerprint density at radius 2 is 1.11 bits per heavy atom. The van der Waals surface area contributed by atoms with Crippen LogP contribution in [0.3, 0.4) is 0 Å². The molecule has 0 bridgehead atoms. The van der Waals surface area contributed by atoms with Crippen molar-refractivity contribution in [1.82, 2.24) is 0 Å². The first-order valence-corrected chi connectivity index (χ1v) is 17.2. The molecule has 230 valence electrons. The topological polar surface area (TPSA) is 0 Å². The highest BCUT2D eigenvalue weighted by Gasteiger charge is 2.04. The highest BCUT2D eigenvalue weighted by Crippen LogP contribution is 2.22. The largest absolute Gasteiger partial charge is 0.0984 e. The van der Waals surface area contributed by atoms with Crippen molar-refractivity contribution in [3.63, 3.8) is 0 Å². The van der Waals surface area contributed by atoms with Crippen molar-refractivity contribution in [2.45, 2.75) is 97.3 Å². The molecule has 0 aromatic heterocycles. The summed E-state index contributed by atoms with van der Waals surface area (Å²) in [6, 6.07) is 23.9. The summed E-state index contributed by atoms with van der Waals surface area (Å²) in [5, 5.41) is 0. The third kappa shape index (κ3) is 12.0. The normalized spacial score (nSPS) is 13.0. The zero-order chi connectivity index (χ0) is 31.5. The predicted octanol–water partition coefficient (Wildman–Crippen LogP) is 12.1. The van der Waals surface area contributed by atoms with Gasteiger partial charge in [0.15, 0.2) is 0 Å². The lowest BCUT2D eigenvalue weighted by Crippen LogP contribution is -1.90. The summed E-state index contributed by atoms with van der Waals surface area (Å²) < 4.78 is 0. The second-order valence-electron chi connectivity index (χ2n) is 12.2. The molecule has 0 heteroatoms. The molecule has 1 aliphatic carbocycles. The van der Waals surface area contributed by atoms with Gasteiger partial charge in [0.1, 0.15) is 0 Å². The minimum atomic E-state index is 0.856. The summed E-state index contributed by atoms with van der Waals surface area (Å²) in [4.78, 5) is 0. The van der Waals surface area contributed by atoms with Gasteiger partial charge in [0.25, 0.3) is 0 Å². The van der Waals surface area contributed by atoms with E-state index in [1.807, 2.05) is 6.08 Å². The van der Waals surface area contributed by atoms with Crippen LogP contribution in [0.25, 0.3) is 12.2 Å². The van der Waals surface area contributed by atoms with Gasteiger partial charge in [-0.1, -0.05) is 150 Å². The Bertz CT molecular complexity index is 1580. The van der Waals surface area contributed by atoms with Gasteiger partial charge in [0.05, 0.1) is 0 Å². The first-order valence-electron chi connectivity index (χ1n) is 17.2. The fourth-order valence-electron chi connectivity index (χ4n) is 5.59. The van der Waals surface area contributed by atoms with Crippen LogP contribution in [0, 0.1) is 23.7 Å². The summed E-state index contributed by atoms with van der Waals surface area (Å²) in [6.45, 7) is 8.56. The number of aryl methyl sites for hydroxylation is 2. The molecule has 0 heterocycles. The molecule has 0 fully saturated rings. The Morgan fingerprint density at radius 3 is 1.64 bits per heavy atom. The maximum atomic E-state index is 4.03. The van der Waals surface area contributed by atoms with Crippen molar-refractivity contribution in [2.75, 3.05) is 0 Å². The van der Waals surface area contributed by atoms with Crippen molar-refractivity contribution in [3.8, 4) is 23.7 Å². The quantitative estimate of drug-likeness (QED) is 0.129. The fourth-order valence-corrected chi connectivity index (χ4v) is 5.59. The van der Waals surface area contributed by atoms with E-state index in [0.717, 1.165) is 52.7 Å². The van der Waals surface area contributed by atoms with Crippen molar-refractivity contribution in [1.29, 1.82) is 0 Å². The predicted molar refractivity (Wildman–Crippen MR) is 197 cm³/mol. The second kappa shape index (κ2) is 19.2. The van der Waals surface area contributed by atoms with Gasteiger partial charge in [-0.15, -0.1) is 0 Å². The monoisotopic (exact) mass is 590 g/mol. The van der Waals surface area contributed by atoms with E-state index in [0.29, 0.717) is 0 Å². The summed E-state index contributed by atoms with van der Waals surface area (Å²) in [7, 11) is 0. The van der Waals surface area contributed by atoms with Crippen LogP contribution in [0.1, 0.15) is 123 Å². The third-order valence-corrected chi connectivity index (χ3v) is 8.43. The van der Waals surface area contributed by atoms with Gasteiger partial charge in [0, 0.05) is 22.3 Å². The molecule has 0 saturated carbocycles. The van der Waals surface area contributed by atoms with Gasteiger partial charge < -0.3 is 0 Å². The molecule has 4 rings (SSSR count). The molecule has 0 amide bonds. The molecule has 0 N–H and O–H groups in total. The molecule has 0 spiro atoms. The molecule has 0 atom stereocenters. The average Bonchev–Trinajstić information content (AvgIpc) is 3.08. The lowest BCUT2D eigenvalue weighted by molar-refractivity contribution is 0.632. The van der Waals surface area contributed by atoms with E-state index in [4.69, 9.17) is 0 Å². The fraction of sp³-hybridized carbons (Fsp3) is 0.333. The Morgan fingerprint density at radius 1 is 0.578 bits per heavy atom. The number of allylic oxidation sites excluding steroid dienone is 5. The van der Waals surface area contributed by atoms with Crippen molar-refractivity contribution in [2.24, 2.45) is 0 Å².